The van der Waals surface area contributed by atoms with Crippen molar-refractivity contribution >= 4 is 23.4 Å². The second-order valence-corrected chi connectivity index (χ2v) is 6.69. The number of amides is 1. The molecule has 0 aromatic heterocycles. The lowest BCUT2D eigenvalue weighted by Gasteiger charge is -2.25. The van der Waals surface area contributed by atoms with Gasteiger partial charge in [0.25, 0.3) is 0 Å². The third kappa shape index (κ3) is 7.32. The molecule has 0 aliphatic rings. The van der Waals surface area contributed by atoms with Crippen LogP contribution in [0.5, 0.6) is 0 Å². The maximum atomic E-state index is 12.1. The summed E-state index contributed by atoms with van der Waals surface area (Å²) in [5.41, 5.74) is -0.00163. The number of anilines is 1. The van der Waals surface area contributed by atoms with Crippen molar-refractivity contribution in [2.75, 3.05) is 31.2 Å². The Bertz CT molecular complexity index is 483. The van der Waals surface area contributed by atoms with Crippen LogP contribution in [0.3, 0.4) is 0 Å². The highest BCUT2D eigenvalue weighted by Gasteiger charge is 2.17. The predicted octanol–water partition coefficient (Wildman–Crippen LogP) is 2.61. The SMILES string of the molecule is C=CCSc1ccccc1NC(=O)CN(C)CC(C)(C)O. The van der Waals surface area contributed by atoms with Crippen LogP contribution in [0.15, 0.2) is 41.8 Å². The molecule has 0 atom stereocenters. The molecule has 4 nitrogen and oxygen atoms in total. The van der Waals surface area contributed by atoms with Crippen molar-refractivity contribution < 1.29 is 9.90 Å². The quantitative estimate of drug-likeness (QED) is 0.572. The smallest absolute Gasteiger partial charge is 0.238 e. The summed E-state index contributed by atoms with van der Waals surface area (Å²) in [6, 6.07) is 7.71. The van der Waals surface area contributed by atoms with Crippen LogP contribution in [-0.2, 0) is 4.79 Å². The van der Waals surface area contributed by atoms with E-state index in [1.807, 2.05) is 37.4 Å². The van der Waals surface area contributed by atoms with Crippen LogP contribution in [0.2, 0.25) is 0 Å². The molecular formula is C16H24N2O2S. The van der Waals surface area contributed by atoms with E-state index in [0.29, 0.717) is 6.54 Å². The van der Waals surface area contributed by atoms with Crippen molar-refractivity contribution in [1.82, 2.24) is 4.90 Å². The summed E-state index contributed by atoms with van der Waals surface area (Å²) in [7, 11) is 1.82. The maximum absolute atomic E-state index is 12.1. The molecule has 0 bridgehead atoms. The topological polar surface area (TPSA) is 52.6 Å². The molecule has 0 fully saturated rings. The largest absolute Gasteiger partial charge is 0.389 e. The molecule has 0 spiro atoms. The first-order valence-corrected chi connectivity index (χ1v) is 7.84. The Kier molecular flexibility index (Phi) is 6.95. The molecule has 1 aromatic carbocycles. The highest BCUT2D eigenvalue weighted by Crippen LogP contribution is 2.26. The van der Waals surface area contributed by atoms with E-state index in [2.05, 4.69) is 11.9 Å². The molecule has 0 aliphatic carbocycles. The van der Waals surface area contributed by atoms with Crippen LogP contribution in [-0.4, -0.2) is 47.4 Å². The van der Waals surface area contributed by atoms with Gasteiger partial charge in [0.15, 0.2) is 0 Å². The summed E-state index contributed by atoms with van der Waals surface area (Å²) in [6.07, 6.45) is 1.83. The molecule has 0 radical (unpaired) electrons. The van der Waals surface area contributed by atoms with E-state index in [1.165, 1.54) is 0 Å². The minimum atomic E-state index is -0.813. The highest BCUT2D eigenvalue weighted by molar-refractivity contribution is 7.99. The molecule has 2 N–H and O–H groups in total. The molecule has 116 valence electrons. The van der Waals surface area contributed by atoms with E-state index in [1.54, 1.807) is 30.5 Å². The van der Waals surface area contributed by atoms with Gasteiger partial charge in [-0.3, -0.25) is 9.69 Å². The lowest BCUT2D eigenvalue weighted by Crippen LogP contribution is -2.40. The van der Waals surface area contributed by atoms with Gasteiger partial charge in [0.05, 0.1) is 17.8 Å². The van der Waals surface area contributed by atoms with E-state index >= 15 is 0 Å². The van der Waals surface area contributed by atoms with E-state index in [-0.39, 0.29) is 12.5 Å². The molecule has 1 aromatic rings. The van der Waals surface area contributed by atoms with Gasteiger partial charge < -0.3 is 10.4 Å². The number of rotatable bonds is 8. The minimum absolute atomic E-state index is 0.0894. The Hall–Kier alpha value is -1.30. The third-order valence-electron chi connectivity index (χ3n) is 2.59. The summed E-state index contributed by atoms with van der Waals surface area (Å²) in [6.45, 7) is 7.83. The van der Waals surface area contributed by atoms with Crippen LogP contribution in [0.4, 0.5) is 5.69 Å². The van der Waals surface area contributed by atoms with Gasteiger partial charge >= 0.3 is 0 Å². The van der Waals surface area contributed by atoms with Gasteiger partial charge in [-0.15, -0.1) is 18.3 Å². The summed E-state index contributed by atoms with van der Waals surface area (Å²) < 4.78 is 0. The number of aliphatic hydroxyl groups is 1. The Morgan fingerprint density at radius 2 is 2.14 bits per heavy atom. The van der Waals surface area contributed by atoms with Crippen molar-refractivity contribution in [2.24, 2.45) is 0 Å². The maximum Gasteiger partial charge on any atom is 0.238 e. The molecule has 0 saturated heterocycles. The van der Waals surface area contributed by atoms with Gasteiger partial charge in [-0.05, 0) is 33.0 Å². The second-order valence-electron chi connectivity index (χ2n) is 5.63. The predicted molar refractivity (Wildman–Crippen MR) is 89.8 cm³/mol. The zero-order valence-electron chi connectivity index (χ0n) is 12.9. The summed E-state index contributed by atoms with van der Waals surface area (Å²) >= 11 is 1.63. The van der Waals surface area contributed by atoms with Crippen LogP contribution >= 0.6 is 11.8 Å². The number of nitrogens with zero attached hydrogens (tertiary/aromatic N) is 1. The number of thioether (sulfide) groups is 1. The Labute approximate surface area is 131 Å². The zero-order valence-corrected chi connectivity index (χ0v) is 13.7. The Balaban J connectivity index is 2.60. The average Bonchev–Trinajstić information content (AvgIpc) is 2.35. The van der Waals surface area contributed by atoms with E-state index in [4.69, 9.17) is 0 Å². The fraction of sp³-hybridized carbons (Fsp3) is 0.438. The number of benzene rings is 1. The average molecular weight is 308 g/mol. The number of hydrogen-bond acceptors (Lipinski definition) is 4. The van der Waals surface area contributed by atoms with Crippen molar-refractivity contribution in [2.45, 2.75) is 24.3 Å². The zero-order chi connectivity index (χ0) is 15.9. The van der Waals surface area contributed by atoms with Crippen molar-refractivity contribution in [1.29, 1.82) is 0 Å². The second kappa shape index (κ2) is 8.22. The van der Waals surface area contributed by atoms with Gasteiger partial charge in [0.2, 0.25) is 5.91 Å². The van der Waals surface area contributed by atoms with E-state index in [9.17, 15) is 9.90 Å². The normalized spacial score (nSPS) is 11.5. The first kappa shape index (κ1) is 17.8. The van der Waals surface area contributed by atoms with Crippen LogP contribution < -0.4 is 5.32 Å². The van der Waals surface area contributed by atoms with Crippen molar-refractivity contribution in [3.8, 4) is 0 Å². The summed E-state index contributed by atoms with van der Waals surface area (Å²) in [5.74, 6) is 0.708. The molecule has 1 rings (SSSR count). The van der Waals surface area contributed by atoms with Gasteiger partial charge in [-0.2, -0.15) is 0 Å². The van der Waals surface area contributed by atoms with Gasteiger partial charge in [0, 0.05) is 17.2 Å². The first-order valence-electron chi connectivity index (χ1n) is 6.85. The number of para-hydroxylation sites is 1. The summed E-state index contributed by atoms with van der Waals surface area (Å²) in [5, 5.41) is 12.7. The first-order chi connectivity index (χ1) is 9.81. The Morgan fingerprint density at radius 3 is 2.76 bits per heavy atom. The molecule has 0 aliphatic heterocycles. The molecule has 0 saturated carbocycles. The number of likely N-dealkylation sites (N-methyl/N-ethyl adjacent to an activating group) is 1. The standard InChI is InChI=1S/C16H24N2O2S/c1-5-10-21-14-9-7-6-8-13(14)17-15(19)11-18(4)12-16(2,3)20/h5-9,20H,1,10-12H2,2-4H3,(H,17,19). The fourth-order valence-corrected chi connectivity index (χ4v) is 2.74. The molecule has 5 heteroatoms. The van der Waals surface area contributed by atoms with Gasteiger partial charge in [-0.25, -0.2) is 0 Å². The van der Waals surface area contributed by atoms with Crippen molar-refractivity contribution in [3.05, 3.63) is 36.9 Å². The molecular weight excluding hydrogens is 284 g/mol. The lowest BCUT2D eigenvalue weighted by atomic mass is 10.1. The number of nitrogens with one attached hydrogen (secondary N) is 1. The molecule has 21 heavy (non-hydrogen) atoms. The molecule has 0 unspecified atom stereocenters. The number of carbonyl (C=O) groups excluding carboxylic acids is 1. The number of hydrogen-bond donors (Lipinski definition) is 2. The number of carbonyl (C=O) groups is 1. The lowest BCUT2D eigenvalue weighted by molar-refractivity contribution is -0.117. The monoisotopic (exact) mass is 308 g/mol. The van der Waals surface area contributed by atoms with Crippen LogP contribution in [0.25, 0.3) is 0 Å². The van der Waals surface area contributed by atoms with Gasteiger partial charge in [-0.1, -0.05) is 18.2 Å². The summed E-state index contributed by atoms with van der Waals surface area (Å²) in [4.78, 5) is 14.9. The highest BCUT2D eigenvalue weighted by atomic mass is 32.2. The molecule has 1 amide bonds. The van der Waals surface area contributed by atoms with Crippen LogP contribution in [0, 0.1) is 0 Å². The fourth-order valence-electron chi connectivity index (χ4n) is 2.00. The molecule has 0 heterocycles. The Morgan fingerprint density at radius 1 is 1.48 bits per heavy atom. The van der Waals surface area contributed by atoms with E-state index in [0.717, 1.165) is 16.3 Å². The van der Waals surface area contributed by atoms with E-state index < -0.39 is 5.60 Å². The minimum Gasteiger partial charge on any atom is -0.389 e. The van der Waals surface area contributed by atoms with Gasteiger partial charge in [0.1, 0.15) is 0 Å². The van der Waals surface area contributed by atoms with Crippen molar-refractivity contribution in [3.63, 3.8) is 0 Å². The third-order valence-corrected chi connectivity index (χ3v) is 3.66. The van der Waals surface area contributed by atoms with Crippen LogP contribution in [0.1, 0.15) is 13.8 Å².